The summed E-state index contributed by atoms with van der Waals surface area (Å²) in [6, 6.07) is 10.0. The number of rotatable bonds is 4. The fourth-order valence-electron chi connectivity index (χ4n) is 2.43. The predicted octanol–water partition coefficient (Wildman–Crippen LogP) is 1.46. The van der Waals surface area contributed by atoms with Gasteiger partial charge in [0.25, 0.3) is 0 Å². The molecule has 0 aliphatic carbocycles. The van der Waals surface area contributed by atoms with E-state index in [9.17, 15) is 4.79 Å². The Labute approximate surface area is 126 Å². The molecule has 1 aliphatic rings. The molecule has 1 heterocycles. The number of hydrogen-bond donors (Lipinski definition) is 1. The highest BCUT2D eigenvalue weighted by Gasteiger charge is 2.21. The van der Waals surface area contributed by atoms with Crippen molar-refractivity contribution < 1.29 is 4.79 Å². The summed E-state index contributed by atoms with van der Waals surface area (Å²) in [5, 5.41) is 11.8. The average molecular weight is 286 g/mol. The van der Waals surface area contributed by atoms with E-state index in [-0.39, 0.29) is 11.9 Å². The second-order valence-electron chi connectivity index (χ2n) is 5.53. The third-order valence-electron chi connectivity index (χ3n) is 3.84. The van der Waals surface area contributed by atoms with Crippen LogP contribution in [-0.4, -0.2) is 54.5 Å². The zero-order chi connectivity index (χ0) is 15.2. The Hall–Kier alpha value is -1.90. The summed E-state index contributed by atoms with van der Waals surface area (Å²) >= 11 is 0. The summed E-state index contributed by atoms with van der Waals surface area (Å²) in [5.41, 5.74) is 2.01. The first kappa shape index (κ1) is 15.5. The quantitative estimate of drug-likeness (QED) is 0.910. The number of piperazine rings is 1. The number of aryl methyl sites for hydroxylation is 1. The van der Waals surface area contributed by atoms with Crippen molar-refractivity contribution in [3.8, 4) is 6.07 Å². The molecule has 0 radical (unpaired) electrons. The third-order valence-corrected chi connectivity index (χ3v) is 3.84. The Bertz CT molecular complexity index is 512. The van der Waals surface area contributed by atoms with E-state index in [4.69, 9.17) is 5.26 Å². The number of nitrogens with one attached hydrogen (secondary N) is 1. The summed E-state index contributed by atoms with van der Waals surface area (Å²) in [7, 11) is 0. The molecule has 1 saturated heterocycles. The molecule has 1 N–H and O–H groups in total. The van der Waals surface area contributed by atoms with Gasteiger partial charge in [0, 0.05) is 31.9 Å². The molecule has 5 nitrogen and oxygen atoms in total. The van der Waals surface area contributed by atoms with Crippen molar-refractivity contribution >= 4 is 11.6 Å². The van der Waals surface area contributed by atoms with Crippen molar-refractivity contribution in [1.82, 2.24) is 9.80 Å². The van der Waals surface area contributed by atoms with Crippen LogP contribution in [-0.2, 0) is 4.79 Å². The lowest BCUT2D eigenvalue weighted by Crippen LogP contribution is -2.50. The zero-order valence-corrected chi connectivity index (χ0v) is 12.7. The summed E-state index contributed by atoms with van der Waals surface area (Å²) in [5.74, 6) is 0.0145. The van der Waals surface area contributed by atoms with Gasteiger partial charge in [-0.05, 0) is 26.0 Å². The second-order valence-corrected chi connectivity index (χ2v) is 5.53. The first-order valence-corrected chi connectivity index (χ1v) is 7.31. The van der Waals surface area contributed by atoms with Gasteiger partial charge in [-0.3, -0.25) is 14.6 Å². The largest absolute Gasteiger partial charge is 0.325 e. The molecule has 21 heavy (non-hydrogen) atoms. The standard InChI is InChI=1S/C16H22N4O/c1-13-3-5-15(6-4-13)18-16(21)12-19-7-9-20(10-8-19)14(2)11-17/h3-6,14H,7-10,12H2,1-2H3,(H,18,21). The van der Waals surface area contributed by atoms with Gasteiger partial charge in [-0.15, -0.1) is 0 Å². The van der Waals surface area contributed by atoms with Crippen LogP contribution in [0.4, 0.5) is 5.69 Å². The molecule has 5 heteroatoms. The lowest BCUT2D eigenvalue weighted by molar-refractivity contribution is -0.117. The minimum atomic E-state index is -0.0477. The third kappa shape index (κ3) is 4.55. The monoisotopic (exact) mass is 286 g/mol. The fourth-order valence-corrected chi connectivity index (χ4v) is 2.43. The van der Waals surface area contributed by atoms with Crippen molar-refractivity contribution in [3.63, 3.8) is 0 Å². The molecule has 1 aliphatic heterocycles. The van der Waals surface area contributed by atoms with Gasteiger partial charge in [0.05, 0.1) is 18.7 Å². The van der Waals surface area contributed by atoms with Crippen LogP contribution in [0.1, 0.15) is 12.5 Å². The van der Waals surface area contributed by atoms with Crippen LogP contribution >= 0.6 is 0 Å². The van der Waals surface area contributed by atoms with Crippen molar-refractivity contribution in [2.75, 3.05) is 38.0 Å². The second kappa shape index (κ2) is 7.21. The highest BCUT2D eigenvalue weighted by molar-refractivity contribution is 5.92. The molecule has 0 saturated carbocycles. The maximum Gasteiger partial charge on any atom is 0.238 e. The van der Waals surface area contributed by atoms with Gasteiger partial charge in [0.2, 0.25) is 5.91 Å². The van der Waals surface area contributed by atoms with E-state index < -0.39 is 0 Å². The van der Waals surface area contributed by atoms with Crippen LogP contribution in [0.3, 0.4) is 0 Å². The number of carbonyl (C=O) groups excluding carboxylic acids is 1. The first-order chi connectivity index (χ1) is 10.1. The van der Waals surface area contributed by atoms with Gasteiger partial charge in [-0.25, -0.2) is 0 Å². The Morgan fingerprint density at radius 2 is 1.90 bits per heavy atom. The Kier molecular flexibility index (Phi) is 5.32. The Morgan fingerprint density at radius 1 is 1.29 bits per heavy atom. The van der Waals surface area contributed by atoms with Gasteiger partial charge in [-0.2, -0.15) is 5.26 Å². The normalized spacial score (nSPS) is 18.0. The van der Waals surface area contributed by atoms with E-state index in [1.54, 1.807) is 0 Å². The van der Waals surface area contributed by atoms with Crippen LogP contribution < -0.4 is 5.32 Å². The summed E-state index contributed by atoms with van der Waals surface area (Å²) in [6.45, 7) is 7.68. The summed E-state index contributed by atoms with van der Waals surface area (Å²) < 4.78 is 0. The number of anilines is 1. The smallest absolute Gasteiger partial charge is 0.238 e. The molecular weight excluding hydrogens is 264 g/mol. The SMILES string of the molecule is Cc1ccc(NC(=O)CN2CCN(C(C)C#N)CC2)cc1. The van der Waals surface area contributed by atoms with Crippen molar-refractivity contribution in [2.24, 2.45) is 0 Å². The molecule has 1 amide bonds. The Balaban J connectivity index is 1.77. The summed E-state index contributed by atoms with van der Waals surface area (Å²) in [4.78, 5) is 16.3. The molecule has 1 fully saturated rings. The predicted molar refractivity (Wildman–Crippen MR) is 82.9 cm³/mol. The van der Waals surface area contributed by atoms with Gasteiger partial charge in [0.15, 0.2) is 0 Å². The van der Waals surface area contributed by atoms with Crippen LogP contribution in [0.2, 0.25) is 0 Å². The first-order valence-electron chi connectivity index (χ1n) is 7.31. The van der Waals surface area contributed by atoms with Gasteiger partial charge >= 0.3 is 0 Å². The molecule has 112 valence electrons. The van der Waals surface area contributed by atoms with E-state index >= 15 is 0 Å². The van der Waals surface area contributed by atoms with E-state index in [1.165, 1.54) is 5.56 Å². The highest BCUT2D eigenvalue weighted by Crippen LogP contribution is 2.09. The lowest BCUT2D eigenvalue weighted by atomic mass is 10.2. The average Bonchev–Trinajstić information content (AvgIpc) is 2.49. The van der Waals surface area contributed by atoms with Crippen LogP contribution in [0.5, 0.6) is 0 Å². The molecule has 0 spiro atoms. The molecule has 0 aromatic heterocycles. The molecule has 2 rings (SSSR count). The van der Waals surface area contributed by atoms with Crippen molar-refractivity contribution in [1.29, 1.82) is 5.26 Å². The van der Waals surface area contributed by atoms with E-state index in [2.05, 4.69) is 21.2 Å². The van der Waals surface area contributed by atoms with E-state index in [1.807, 2.05) is 38.1 Å². The van der Waals surface area contributed by atoms with Crippen molar-refractivity contribution in [2.45, 2.75) is 19.9 Å². The highest BCUT2D eigenvalue weighted by atomic mass is 16.2. The zero-order valence-electron chi connectivity index (χ0n) is 12.7. The Morgan fingerprint density at radius 3 is 2.48 bits per heavy atom. The molecular formula is C16H22N4O. The number of nitriles is 1. The molecule has 1 atom stereocenters. The summed E-state index contributed by atoms with van der Waals surface area (Å²) in [6.07, 6.45) is 0. The van der Waals surface area contributed by atoms with Crippen LogP contribution in [0, 0.1) is 18.3 Å². The number of amides is 1. The minimum absolute atomic E-state index is 0.0145. The molecule has 1 aromatic rings. The maximum atomic E-state index is 12.0. The van der Waals surface area contributed by atoms with Gasteiger partial charge in [-0.1, -0.05) is 17.7 Å². The fraction of sp³-hybridized carbons (Fsp3) is 0.500. The number of hydrogen-bond acceptors (Lipinski definition) is 4. The lowest BCUT2D eigenvalue weighted by Gasteiger charge is -2.35. The topological polar surface area (TPSA) is 59.4 Å². The van der Waals surface area contributed by atoms with E-state index in [0.717, 1.165) is 31.9 Å². The number of carbonyl (C=O) groups is 1. The van der Waals surface area contributed by atoms with Crippen LogP contribution in [0.15, 0.2) is 24.3 Å². The number of nitrogens with zero attached hydrogens (tertiary/aromatic N) is 3. The molecule has 0 bridgehead atoms. The van der Waals surface area contributed by atoms with Gasteiger partial charge < -0.3 is 5.32 Å². The minimum Gasteiger partial charge on any atom is -0.325 e. The molecule has 1 unspecified atom stereocenters. The molecule has 1 aromatic carbocycles. The van der Waals surface area contributed by atoms with Crippen molar-refractivity contribution in [3.05, 3.63) is 29.8 Å². The van der Waals surface area contributed by atoms with E-state index in [0.29, 0.717) is 6.54 Å². The van der Waals surface area contributed by atoms with Gasteiger partial charge in [0.1, 0.15) is 0 Å². The number of benzene rings is 1. The van der Waals surface area contributed by atoms with Crippen LogP contribution in [0.25, 0.3) is 0 Å². The maximum absolute atomic E-state index is 12.0.